The van der Waals surface area contributed by atoms with Crippen molar-refractivity contribution < 1.29 is 9.53 Å². The van der Waals surface area contributed by atoms with E-state index >= 15 is 0 Å². The minimum atomic E-state index is -0.660. The van der Waals surface area contributed by atoms with Gasteiger partial charge < -0.3 is 21.1 Å². The SMILES string of the molecule is CCNC(=NCC(C)(C)C(N)=O)NCC(C)COCc1ccccc1. The number of nitrogens with one attached hydrogen (secondary N) is 2. The van der Waals surface area contributed by atoms with Crippen LogP contribution in [0.2, 0.25) is 0 Å². The van der Waals surface area contributed by atoms with Crippen LogP contribution in [0.4, 0.5) is 0 Å². The molecule has 0 bridgehead atoms. The lowest BCUT2D eigenvalue weighted by Gasteiger charge is -2.20. The molecule has 0 aliphatic heterocycles. The molecule has 1 unspecified atom stereocenters. The Balaban J connectivity index is 2.38. The largest absolute Gasteiger partial charge is 0.376 e. The topological polar surface area (TPSA) is 88.7 Å². The van der Waals surface area contributed by atoms with Crippen LogP contribution in [0.15, 0.2) is 35.3 Å². The molecule has 1 rings (SSSR count). The third kappa shape index (κ3) is 8.54. The maximum atomic E-state index is 11.4. The van der Waals surface area contributed by atoms with Crippen molar-refractivity contribution in [3.8, 4) is 0 Å². The van der Waals surface area contributed by atoms with Gasteiger partial charge in [-0.25, -0.2) is 0 Å². The van der Waals surface area contributed by atoms with Crippen LogP contribution >= 0.6 is 0 Å². The van der Waals surface area contributed by atoms with E-state index in [4.69, 9.17) is 10.5 Å². The van der Waals surface area contributed by atoms with Crippen LogP contribution in [-0.4, -0.2) is 38.1 Å². The zero-order valence-corrected chi connectivity index (χ0v) is 15.8. The van der Waals surface area contributed by atoms with Crippen LogP contribution in [0.1, 0.15) is 33.3 Å². The van der Waals surface area contributed by atoms with E-state index in [-0.39, 0.29) is 5.91 Å². The van der Waals surface area contributed by atoms with Gasteiger partial charge >= 0.3 is 0 Å². The molecule has 1 amide bonds. The van der Waals surface area contributed by atoms with E-state index in [0.717, 1.165) is 13.1 Å². The number of guanidine groups is 1. The molecule has 0 heterocycles. The maximum absolute atomic E-state index is 11.4. The Morgan fingerprint density at radius 2 is 1.96 bits per heavy atom. The smallest absolute Gasteiger partial charge is 0.224 e. The van der Waals surface area contributed by atoms with Crippen LogP contribution < -0.4 is 16.4 Å². The highest BCUT2D eigenvalue weighted by molar-refractivity contribution is 5.82. The van der Waals surface area contributed by atoms with E-state index in [1.54, 1.807) is 13.8 Å². The highest BCUT2D eigenvalue weighted by Gasteiger charge is 2.24. The van der Waals surface area contributed by atoms with E-state index in [9.17, 15) is 4.79 Å². The second kappa shape index (κ2) is 10.7. The maximum Gasteiger partial charge on any atom is 0.224 e. The molecular formula is C19H32N4O2. The summed E-state index contributed by atoms with van der Waals surface area (Å²) in [5, 5.41) is 6.46. The van der Waals surface area contributed by atoms with Crippen molar-refractivity contribution in [2.75, 3.05) is 26.2 Å². The molecule has 6 heteroatoms. The summed E-state index contributed by atoms with van der Waals surface area (Å²) in [6.07, 6.45) is 0. The fourth-order valence-electron chi connectivity index (χ4n) is 1.98. The van der Waals surface area contributed by atoms with Gasteiger partial charge in [-0.1, -0.05) is 37.3 Å². The van der Waals surface area contributed by atoms with Gasteiger partial charge in [0.1, 0.15) is 0 Å². The molecule has 4 N–H and O–H groups in total. The molecule has 0 saturated heterocycles. The van der Waals surface area contributed by atoms with E-state index in [1.165, 1.54) is 5.56 Å². The molecule has 1 atom stereocenters. The summed E-state index contributed by atoms with van der Waals surface area (Å²) in [4.78, 5) is 15.8. The Bertz CT molecular complexity index is 544. The van der Waals surface area contributed by atoms with E-state index < -0.39 is 5.41 Å². The van der Waals surface area contributed by atoms with Crippen molar-refractivity contribution >= 4 is 11.9 Å². The first-order chi connectivity index (χ1) is 11.8. The number of nitrogens with zero attached hydrogens (tertiary/aromatic N) is 1. The molecular weight excluding hydrogens is 316 g/mol. The second-order valence-electron chi connectivity index (χ2n) is 6.93. The molecule has 0 aliphatic carbocycles. The Morgan fingerprint density at radius 1 is 1.28 bits per heavy atom. The van der Waals surface area contributed by atoms with Gasteiger partial charge in [0.2, 0.25) is 5.91 Å². The quantitative estimate of drug-likeness (QED) is 0.445. The van der Waals surface area contributed by atoms with Crippen molar-refractivity contribution in [1.29, 1.82) is 0 Å². The number of nitrogens with two attached hydrogens (primary N) is 1. The molecule has 0 radical (unpaired) electrons. The number of hydrogen-bond acceptors (Lipinski definition) is 3. The van der Waals surface area contributed by atoms with Crippen molar-refractivity contribution in [2.45, 2.75) is 34.3 Å². The van der Waals surface area contributed by atoms with Gasteiger partial charge in [0.15, 0.2) is 5.96 Å². The fourth-order valence-corrected chi connectivity index (χ4v) is 1.98. The number of aliphatic imine (C=N–C) groups is 1. The number of primary amides is 1. The van der Waals surface area contributed by atoms with Gasteiger partial charge in [0.05, 0.1) is 25.2 Å². The van der Waals surface area contributed by atoms with Gasteiger partial charge in [-0.3, -0.25) is 9.79 Å². The number of ether oxygens (including phenoxy) is 1. The zero-order valence-electron chi connectivity index (χ0n) is 15.8. The summed E-state index contributed by atoms with van der Waals surface area (Å²) in [5.41, 5.74) is 5.90. The predicted octanol–water partition coefficient (Wildman–Crippen LogP) is 1.91. The lowest BCUT2D eigenvalue weighted by molar-refractivity contribution is -0.125. The lowest BCUT2D eigenvalue weighted by Crippen LogP contribution is -2.42. The standard InChI is InChI=1S/C19H32N4O2/c1-5-21-18(23-14-19(3,4)17(20)24)22-11-15(2)12-25-13-16-9-7-6-8-10-16/h6-10,15H,5,11-14H2,1-4H3,(H2,20,24)(H2,21,22,23). The summed E-state index contributed by atoms with van der Waals surface area (Å²) in [7, 11) is 0. The normalized spacial score (nSPS) is 13.4. The molecule has 0 aromatic heterocycles. The van der Waals surface area contributed by atoms with Gasteiger partial charge in [-0.05, 0) is 32.3 Å². The monoisotopic (exact) mass is 348 g/mol. The molecule has 6 nitrogen and oxygen atoms in total. The Morgan fingerprint density at radius 3 is 2.56 bits per heavy atom. The molecule has 1 aromatic carbocycles. The predicted molar refractivity (Wildman–Crippen MR) is 102 cm³/mol. The number of benzene rings is 1. The van der Waals surface area contributed by atoms with Crippen LogP contribution in [0, 0.1) is 11.3 Å². The summed E-state index contributed by atoms with van der Waals surface area (Å²) < 4.78 is 5.76. The number of hydrogen-bond donors (Lipinski definition) is 3. The Kier molecular flexibility index (Phi) is 8.99. The Hall–Kier alpha value is -2.08. The minimum Gasteiger partial charge on any atom is -0.376 e. The summed E-state index contributed by atoms with van der Waals surface area (Å²) in [5.74, 6) is 0.665. The summed E-state index contributed by atoms with van der Waals surface area (Å²) >= 11 is 0. The third-order valence-corrected chi connectivity index (χ3v) is 3.78. The molecule has 25 heavy (non-hydrogen) atoms. The second-order valence-corrected chi connectivity index (χ2v) is 6.93. The van der Waals surface area contributed by atoms with E-state index in [0.29, 0.717) is 31.6 Å². The number of carbonyl (C=O) groups excluding carboxylic acids is 1. The average Bonchev–Trinajstić information content (AvgIpc) is 2.58. The van der Waals surface area contributed by atoms with E-state index in [1.807, 2.05) is 25.1 Å². The molecule has 0 spiro atoms. The number of carbonyl (C=O) groups is 1. The molecule has 0 fully saturated rings. The molecule has 1 aromatic rings. The molecule has 0 aliphatic rings. The van der Waals surface area contributed by atoms with Crippen molar-refractivity contribution in [3.63, 3.8) is 0 Å². The number of rotatable bonds is 10. The van der Waals surface area contributed by atoms with Crippen LogP contribution in [0.3, 0.4) is 0 Å². The molecule has 0 saturated carbocycles. The highest BCUT2D eigenvalue weighted by Crippen LogP contribution is 2.13. The van der Waals surface area contributed by atoms with Crippen molar-refractivity contribution in [2.24, 2.45) is 22.1 Å². The fraction of sp³-hybridized carbons (Fsp3) is 0.579. The van der Waals surface area contributed by atoms with Crippen molar-refractivity contribution in [1.82, 2.24) is 10.6 Å². The zero-order chi connectivity index (χ0) is 18.7. The average molecular weight is 348 g/mol. The number of amides is 1. The first-order valence-electron chi connectivity index (χ1n) is 8.79. The summed E-state index contributed by atoms with van der Waals surface area (Å²) in [6.45, 7) is 10.8. The lowest BCUT2D eigenvalue weighted by atomic mass is 9.93. The first-order valence-corrected chi connectivity index (χ1v) is 8.79. The third-order valence-electron chi connectivity index (χ3n) is 3.78. The summed E-state index contributed by atoms with van der Waals surface area (Å²) in [6, 6.07) is 10.1. The first kappa shape index (κ1) is 21.0. The highest BCUT2D eigenvalue weighted by atomic mass is 16.5. The minimum absolute atomic E-state index is 0.330. The van der Waals surface area contributed by atoms with Gasteiger partial charge in [-0.15, -0.1) is 0 Å². The van der Waals surface area contributed by atoms with Gasteiger partial charge in [0.25, 0.3) is 0 Å². The van der Waals surface area contributed by atoms with Gasteiger partial charge in [0, 0.05) is 13.1 Å². The Labute approximate surface area is 151 Å². The van der Waals surface area contributed by atoms with Crippen LogP contribution in [0.5, 0.6) is 0 Å². The van der Waals surface area contributed by atoms with Crippen molar-refractivity contribution in [3.05, 3.63) is 35.9 Å². The van der Waals surface area contributed by atoms with Crippen LogP contribution in [-0.2, 0) is 16.1 Å². The van der Waals surface area contributed by atoms with E-state index in [2.05, 4.69) is 34.7 Å². The molecule has 140 valence electrons. The van der Waals surface area contributed by atoms with Crippen LogP contribution in [0.25, 0.3) is 0 Å². The van der Waals surface area contributed by atoms with Gasteiger partial charge in [-0.2, -0.15) is 0 Å².